The van der Waals surface area contributed by atoms with E-state index >= 15 is 13.2 Å². The number of ether oxygens (including phenoxy) is 2. The van der Waals surface area contributed by atoms with Gasteiger partial charge in [0.25, 0.3) is 5.69 Å². The van der Waals surface area contributed by atoms with Crippen molar-refractivity contribution >= 4 is 17.6 Å². The van der Waals surface area contributed by atoms with Gasteiger partial charge in [-0.3, -0.25) is 10.1 Å². The Morgan fingerprint density at radius 2 is 1.12 bits per heavy atom. The van der Waals surface area contributed by atoms with Gasteiger partial charge in [0, 0.05) is 30.1 Å². The molecule has 0 spiro atoms. The van der Waals surface area contributed by atoms with Gasteiger partial charge in [-0.25, -0.2) is 9.59 Å². The van der Waals surface area contributed by atoms with Crippen molar-refractivity contribution in [2.75, 3.05) is 27.2 Å². The third kappa shape index (κ3) is 7.50. The molecule has 0 aliphatic carbocycles. The van der Waals surface area contributed by atoms with Crippen LogP contribution in [0.1, 0.15) is 25.3 Å². The molecule has 1 aromatic rings. The number of benzene rings is 1. The number of rotatable bonds is 14. The molecule has 1 heterocycles. The summed E-state index contributed by atoms with van der Waals surface area (Å²) in [6, 6.07) is 2.49. The van der Waals surface area contributed by atoms with Gasteiger partial charge in [-0.15, -0.1) is 0 Å². The first-order chi connectivity index (χ1) is 24.8. The number of carbonyl (C=O) groups is 2. The van der Waals surface area contributed by atoms with E-state index in [-0.39, 0.29) is 6.54 Å². The Bertz CT molecular complexity index is 1770. The molecule has 1 N–H and O–H groups in total. The molecule has 9 nitrogen and oxygen atoms in total. The summed E-state index contributed by atoms with van der Waals surface area (Å²) in [5.74, 6) is -69.7. The Balaban J connectivity index is 3.01. The van der Waals surface area contributed by atoms with E-state index in [1.54, 1.807) is 0 Å². The van der Waals surface area contributed by atoms with Gasteiger partial charge in [-0.2, -0.15) is 83.4 Å². The van der Waals surface area contributed by atoms with Gasteiger partial charge in [0.05, 0.1) is 22.0 Å². The normalized spacial score (nSPS) is 18.1. The number of nitro benzene ring substituents is 1. The lowest BCUT2D eigenvalue weighted by Gasteiger charge is -2.45. The van der Waals surface area contributed by atoms with Crippen LogP contribution in [-0.4, -0.2) is 103 Å². The van der Waals surface area contributed by atoms with Crippen molar-refractivity contribution < 1.29 is 107 Å². The zero-order valence-electron chi connectivity index (χ0n) is 27.8. The minimum Gasteiger partial charge on any atom is -0.461 e. The van der Waals surface area contributed by atoms with Crippen LogP contribution < -0.4 is 5.32 Å². The van der Waals surface area contributed by atoms with Crippen LogP contribution in [0.15, 0.2) is 46.8 Å². The number of nitro groups is 1. The molecule has 0 bridgehead atoms. The fourth-order valence-corrected chi connectivity index (χ4v) is 4.75. The van der Waals surface area contributed by atoms with Crippen molar-refractivity contribution in [1.82, 2.24) is 10.2 Å². The number of hydrogen-bond donors (Lipinski definition) is 1. The standard InChI is InChI=1S/C28H22F19N3O6/c1-11-15(18(51)55-9-8-49(3)4)17(13-6-5-7-14(10-13)50(53)54)16(12(2)48-11)19(52)56-26(41,25(39,40)28(45,46)47)23(35,36)21(31,32)20(29,30)22(33,34)24(37,38)27(42,43)44/h5-7,10,17,48H,8-9H2,1-4H3. The Labute approximate surface area is 299 Å². The summed E-state index contributed by atoms with van der Waals surface area (Å²) in [5, 5.41) is 13.4. The molecule has 56 heavy (non-hydrogen) atoms. The molecule has 2 rings (SSSR count). The van der Waals surface area contributed by atoms with E-state index in [0.717, 1.165) is 13.0 Å². The molecule has 0 radical (unpaired) electrons. The minimum atomic E-state index is -9.21. The summed E-state index contributed by atoms with van der Waals surface area (Å²) in [6.45, 7) is 0.714. The van der Waals surface area contributed by atoms with Crippen molar-refractivity contribution in [2.24, 2.45) is 0 Å². The van der Waals surface area contributed by atoms with Crippen molar-refractivity contribution in [1.29, 1.82) is 0 Å². The van der Waals surface area contributed by atoms with Crippen LogP contribution in [0.3, 0.4) is 0 Å². The molecule has 0 saturated carbocycles. The second kappa shape index (κ2) is 14.8. The van der Waals surface area contributed by atoms with Crippen LogP contribution in [0.25, 0.3) is 0 Å². The molecule has 0 amide bonds. The number of nitrogens with one attached hydrogen (secondary N) is 1. The van der Waals surface area contributed by atoms with E-state index in [9.17, 15) is 90.0 Å². The molecule has 0 aromatic heterocycles. The van der Waals surface area contributed by atoms with Gasteiger partial charge in [0.2, 0.25) is 0 Å². The molecule has 28 heteroatoms. The molecule has 1 aliphatic heterocycles. The molecule has 318 valence electrons. The predicted octanol–water partition coefficient (Wildman–Crippen LogP) is 8.08. The van der Waals surface area contributed by atoms with Crippen LogP contribution in [0.4, 0.5) is 89.1 Å². The average Bonchev–Trinajstić information content (AvgIpc) is 3.02. The van der Waals surface area contributed by atoms with Crippen LogP contribution in [-0.2, 0) is 19.1 Å². The van der Waals surface area contributed by atoms with Crippen LogP contribution in [0.5, 0.6) is 0 Å². The highest BCUT2D eigenvalue weighted by molar-refractivity contribution is 6.00. The number of halogens is 19. The molecule has 0 fully saturated rings. The van der Waals surface area contributed by atoms with Crippen molar-refractivity contribution in [2.45, 2.75) is 73.5 Å². The first-order valence-electron chi connectivity index (χ1n) is 14.4. The third-order valence-electron chi connectivity index (χ3n) is 7.72. The Kier molecular flexibility index (Phi) is 12.6. The number of carbonyl (C=O) groups excluding carboxylic acids is 2. The zero-order valence-corrected chi connectivity index (χ0v) is 27.8. The minimum absolute atomic E-state index is 0.116. The Hall–Kier alpha value is -4.53. The van der Waals surface area contributed by atoms with E-state index in [4.69, 9.17) is 4.74 Å². The van der Waals surface area contributed by atoms with E-state index in [1.807, 2.05) is 5.32 Å². The van der Waals surface area contributed by atoms with Crippen LogP contribution in [0.2, 0.25) is 0 Å². The van der Waals surface area contributed by atoms with E-state index in [0.29, 0.717) is 25.1 Å². The Morgan fingerprint density at radius 1 is 0.696 bits per heavy atom. The summed E-state index contributed by atoms with van der Waals surface area (Å²) in [4.78, 5) is 38.1. The molecule has 2 unspecified atom stereocenters. The number of esters is 2. The molecule has 0 saturated heterocycles. The largest absolute Gasteiger partial charge is 0.461 e. The predicted molar refractivity (Wildman–Crippen MR) is 146 cm³/mol. The maximum atomic E-state index is 15.8. The summed E-state index contributed by atoms with van der Waals surface area (Å²) in [5.41, 5.74) is -6.46. The molecule has 2 atom stereocenters. The lowest BCUT2D eigenvalue weighted by Crippen LogP contribution is -2.77. The van der Waals surface area contributed by atoms with E-state index < -0.39 is 117 Å². The highest BCUT2D eigenvalue weighted by Gasteiger charge is 2.97. The van der Waals surface area contributed by atoms with Gasteiger partial charge >= 0.3 is 65.7 Å². The lowest BCUT2D eigenvalue weighted by molar-refractivity contribution is -0.483. The smallest absolute Gasteiger partial charge is 0.461 e. The fraction of sp³-hybridized carbons (Fsp3) is 0.571. The quantitative estimate of drug-likeness (QED) is 0.0867. The second-order valence-corrected chi connectivity index (χ2v) is 11.9. The van der Waals surface area contributed by atoms with Gasteiger partial charge in [0.15, 0.2) is 0 Å². The van der Waals surface area contributed by atoms with Crippen LogP contribution in [0, 0.1) is 10.1 Å². The van der Waals surface area contributed by atoms with Gasteiger partial charge < -0.3 is 19.7 Å². The zero-order chi connectivity index (χ0) is 44.2. The summed E-state index contributed by atoms with van der Waals surface area (Å²) in [7, 11) is 2.84. The number of likely N-dealkylation sites (N-methyl/N-ethyl adjacent to an activating group) is 1. The van der Waals surface area contributed by atoms with E-state index in [1.165, 1.54) is 19.0 Å². The topological polar surface area (TPSA) is 111 Å². The SMILES string of the molecule is CC1=C(C(=O)OCCN(C)C)C(c2cccc([N+](=O)[O-])c2)C(C(=O)OC(F)(C(F)(F)C(F)(F)F)C(F)(F)C(F)(F)C(F)(F)C(F)(F)C(F)(F)C(F)(F)F)=C(C)N1. The second-order valence-electron chi connectivity index (χ2n) is 11.9. The van der Waals surface area contributed by atoms with Gasteiger partial charge in [-0.1, -0.05) is 12.1 Å². The first-order valence-corrected chi connectivity index (χ1v) is 14.4. The number of nitrogens with zero attached hydrogens (tertiary/aromatic N) is 2. The summed E-state index contributed by atoms with van der Waals surface area (Å²) < 4.78 is 273. The van der Waals surface area contributed by atoms with Gasteiger partial charge in [0.1, 0.15) is 6.61 Å². The third-order valence-corrected chi connectivity index (χ3v) is 7.72. The number of hydrogen-bond acceptors (Lipinski definition) is 8. The fourth-order valence-electron chi connectivity index (χ4n) is 4.75. The molecular formula is C28H22F19N3O6. The first kappa shape index (κ1) is 47.6. The highest BCUT2D eigenvalue weighted by Crippen LogP contribution is 2.65. The summed E-state index contributed by atoms with van der Waals surface area (Å²) in [6.07, 6.45) is -16.2. The van der Waals surface area contributed by atoms with Crippen LogP contribution >= 0.6 is 0 Å². The van der Waals surface area contributed by atoms with Crippen molar-refractivity contribution in [3.05, 3.63) is 62.5 Å². The Morgan fingerprint density at radius 3 is 1.55 bits per heavy atom. The van der Waals surface area contributed by atoms with Gasteiger partial charge in [-0.05, 0) is 33.5 Å². The highest BCUT2D eigenvalue weighted by atomic mass is 19.4. The number of dihydropyridines is 1. The summed E-state index contributed by atoms with van der Waals surface area (Å²) >= 11 is 0. The maximum Gasteiger partial charge on any atom is 0.461 e. The maximum absolute atomic E-state index is 15.8. The average molecular weight is 857 g/mol. The van der Waals surface area contributed by atoms with Crippen molar-refractivity contribution in [3.63, 3.8) is 0 Å². The molecule has 1 aromatic carbocycles. The molecular weight excluding hydrogens is 835 g/mol. The lowest BCUT2D eigenvalue weighted by atomic mass is 9.80. The number of non-ortho nitro benzene ring substituents is 1. The number of alkyl halides is 19. The monoisotopic (exact) mass is 857 g/mol. The molecule has 1 aliphatic rings. The van der Waals surface area contributed by atoms with Crippen molar-refractivity contribution in [3.8, 4) is 0 Å². The van der Waals surface area contributed by atoms with E-state index in [2.05, 4.69) is 4.74 Å². The number of allylic oxidation sites excluding steroid dienone is 2.